The SMILES string of the molecule is CN1CC(=O)N(CC(N)CO)c2ccccc2C1=O. The summed E-state index contributed by atoms with van der Waals surface area (Å²) < 4.78 is 0. The van der Waals surface area contributed by atoms with Gasteiger partial charge in [-0.3, -0.25) is 9.59 Å². The van der Waals surface area contributed by atoms with Gasteiger partial charge in [-0.25, -0.2) is 0 Å². The van der Waals surface area contributed by atoms with E-state index in [-0.39, 0.29) is 31.5 Å². The molecule has 1 aromatic rings. The summed E-state index contributed by atoms with van der Waals surface area (Å²) in [6.45, 7) is -0.0190. The number of likely N-dealkylation sites (N-methyl/N-ethyl adjacent to an activating group) is 1. The molecule has 1 aliphatic heterocycles. The number of rotatable bonds is 3. The van der Waals surface area contributed by atoms with Crippen LogP contribution < -0.4 is 10.6 Å². The molecule has 6 heteroatoms. The van der Waals surface area contributed by atoms with Crippen molar-refractivity contribution in [3.05, 3.63) is 29.8 Å². The molecule has 1 aromatic carbocycles. The number of nitrogens with two attached hydrogens (primary N) is 1. The number of amides is 2. The largest absolute Gasteiger partial charge is 0.395 e. The van der Waals surface area contributed by atoms with E-state index < -0.39 is 6.04 Å². The minimum atomic E-state index is -0.532. The van der Waals surface area contributed by atoms with E-state index in [1.165, 1.54) is 9.80 Å². The first-order valence-corrected chi connectivity index (χ1v) is 6.06. The zero-order valence-electron chi connectivity index (χ0n) is 10.7. The van der Waals surface area contributed by atoms with E-state index in [0.29, 0.717) is 11.3 Å². The normalized spacial score (nSPS) is 17.2. The predicted octanol–water partition coefficient (Wildman–Crippen LogP) is -0.575. The fourth-order valence-corrected chi connectivity index (χ4v) is 2.08. The predicted molar refractivity (Wildman–Crippen MR) is 70.8 cm³/mol. The molecule has 102 valence electrons. The van der Waals surface area contributed by atoms with Crippen molar-refractivity contribution in [1.82, 2.24) is 4.90 Å². The molecule has 0 aromatic heterocycles. The van der Waals surface area contributed by atoms with E-state index in [2.05, 4.69) is 0 Å². The second-order valence-corrected chi connectivity index (χ2v) is 4.63. The molecule has 0 radical (unpaired) electrons. The number of nitrogens with zero attached hydrogens (tertiary/aromatic N) is 2. The van der Waals surface area contributed by atoms with Crippen LogP contribution in [-0.2, 0) is 4.79 Å². The molecule has 2 rings (SSSR count). The Hall–Kier alpha value is -1.92. The number of fused-ring (bicyclic) bond motifs is 1. The third-order valence-corrected chi connectivity index (χ3v) is 3.10. The first-order valence-electron chi connectivity index (χ1n) is 6.06. The smallest absolute Gasteiger partial charge is 0.256 e. The van der Waals surface area contributed by atoms with Gasteiger partial charge < -0.3 is 20.6 Å². The molecule has 1 aliphatic rings. The highest BCUT2D eigenvalue weighted by atomic mass is 16.3. The van der Waals surface area contributed by atoms with Crippen molar-refractivity contribution in [3.8, 4) is 0 Å². The Morgan fingerprint density at radius 2 is 2.05 bits per heavy atom. The minimum Gasteiger partial charge on any atom is -0.395 e. The molecule has 1 unspecified atom stereocenters. The van der Waals surface area contributed by atoms with Crippen LogP contribution in [0, 0.1) is 0 Å². The maximum absolute atomic E-state index is 12.2. The van der Waals surface area contributed by atoms with E-state index in [1.54, 1.807) is 31.3 Å². The molecule has 2 amide bonds. The molecule has 0 saturated carbocycles. The second kappa shape index (κ2) is 5.38. The quantitative estimate of drug-likeness (QED) is 0.764. The summed E-state index contributed by atoms with van der Waals surface area (Å²) in [6, 6.07) is 6.39. The molecule has 0 aliphatic carbocycles. The summed E-state index contributed by atoms with van der Waals surface area (Å²) in [5.74, 6) is -0.395. The Balaban J connectivity index is 2.44. The van der Waals surface area contributed by atoms with Crippen LogP contribution in [-0.4, -0.2) is 54.6 Å². The lowest BCUT2D eigenvalue weighted by molar-refractivity contribution is -0.119. The number of anilines is 1. The highest BCUT2D eigenvalue weighted by Crippen LogP contribution is 2.24. The van der Waals surface area contributed by atoms with Crippen LogP contribution in [0.2, 0.25) is 0 Å². The van der Waals surface area contributed by atoms with E-state index in [0.717, 1.165) is 0 Å². The average molecular weight is 263 g/mol. The molecule has 0 fully saturated rings. The third-order valence-electron chi connectivity index (χ3n) is 3.10. The standard InChI is InChI=1S/C13H17N3O3/c1-15-7-12(18)16(6-9(14)8-17)11-5-3-2-4-10(11)13(15)19/h2-5,9,17H,6-8,14H2,1H3. The topological polar surface area (TPSA) is 86.9 Å². The minimum absolute atomic E-state index is 0.00562. The van der Waals surface area contributed by atoms with Gasteiger partial charge >= 0.3 is 0 Å². The Labute approximate surface area is 111 Å². The number of hydrogen-bond donors (Lipinski definition) is 2. The summed E-state index contributed by atoms with van der Waals surface area (Å²) in [4.78, 5) is 27.2. The number of aliphatic hydroxyl groups is 1. The van der Waals surface area contributed by atoms with E-state index in [9.17, 15) is 9.59 Å². The number of carbonyl (C=O) groups is 2. The Morgan fingerprint density at radius 3 is 2.74 bits per heavy atom. The fourth-order valence-electron chi connectivity index (χ4n) is 2.08. The lowest BCUT2D eigenvalue weighted by atomic mass is 10.1. The number of para-hydroxylation sites is 1. The van der Waals surface area contributed by atoms with Crippen molar-refractivity contribution >= 4 is 17.5 Å². The maximum atomic E-state index is 12.2. The first-order chi connectivity index (χ1) is 9.04. The highest BCUT2D eigenvalue weighted by molar-refractivity contribution is 6.09. The van der Waals surface area contributed by atoms with Crippen molar-refractivity contribution in [2.45, 2.75) is 6.04 Å². The number of hydrogen-bond acceptors (Lipinski definition) is 4. The van der Waals surface area contributed by atoms with Gasteiger partial charge in [0.05, 0.1) is 17.9 Å². The van der Waals surface area contributed by atoms with Crippen molar-refractivity contribution in [1.29, 1.82) is 0 Å². The van der Waals surface area contributed by atoms with Gasteiger partial charge in [0.15, 0.2) is 0 Å². The first kappa shape index (κ1) is 13.5. The van der Waals surface area contributed by atoms with Crippen LogP contribution >= 0.6 is 0 Å². The zero-order valence-corrected chi connectivity index (χ0v) is 10.7. The van der Waals surface area contributed by atoms with Gasteiger partial charge in [-0.05, 0) is 12.1 Å². The number of carbonyl (C=O) groups excluding carboxylic acids is 2. The Kier molecular flexibility index (Phi) is 3.82. The maximum Gasteiger partial charge on any atom is 0.256 e. The van der Waals surface area contributed by atoms with Gasteiger partial charge in [-0.2, -0.15) is 0 Å². The van der Waals surface area contributed by atoms with Crippen LogP contribution in [0.25, 0.3) is 0 Å². The Bertz CT molecular complexity index is 504. The molecule has 0 spiro atoms. The summed E-state index contributed by atoms with van der Waals surface area (Å²) in [6.07, 6.45) is 0. The highest BCUT2D eigenvalue weighted by Gasteiger charge is 2.30. The van der Waals surface area contributed by atoms with Gasteiger partial charge in [-0.1, -0.05) is 12.1 Å². The van der Waals surface area contributed by atoms with Gasteiger partial charge in [0.1, 0.15) is 6.54 Å². The average Bonchev–Trinajstić information content (AvgIpc) is 2.50. The van der Waals surface area contributed by atoms with E-state index in [1.807, 2.05) is 0 Å². The van der Waals surface area contributed by atoms with Gasteiger partial charge in [0.25, 0.3) is 5.91 Å². The molecule has 0 saturated heterocycles. The molecule has 3 N–H and O–H groups in total. The lowest BCUT2D eigenvalue weighted by Crippen LogP contribution is -2.45. The molecular weight excluding hydrogens is 246 g/mol. The third kappa shape index (κ3) is 2.59. The van der Waals surface area contributed by atoms with E-state index >= 15 is 0 Å². The number of benzene rings is 1. The Morgan fingerprint density at radius 1 is 1.37 bits per heavy atom. The van der Waals surface area contributed by atoms with Gasteiger partial charge in [0, 0.05) is 19.6 Å². The van der Waals surface area contributed by atoms with Crippen LogP contribution in [0.3, 0.4) is 0 Å². The molecule has 1 atom stereocenters. The summed E-state index contributed by atoms with van der Waals surface area (Å²) in [7, 11) is 1.59. The second-order valence-electron chi connectivity index (χ2n) is 4.63. The van der Waals surface area contributed by atoms with Crippen molar-refractivity contribution in [3.63, 3.8) is 0 Å². The van der Waals surface area contributed by atoms with Crippen LogP contribution in [0.4, 0.5) is 5.69 Å². The fraction of sp³-hybridized carbons (Fsp3) is 0.385. The summed E-state index contributed by atoms with van der Waals surface area (Å²) >= 11 is 0. The van der Waals surface area contributed by atoms with Crippen LogP contribution in [0.1, 0.15) is 10.4 Å². The van der Waals surface area contributed by atoms with Crippen molar-refractivity contribution in [2.75, 3.05) is 31.6 Å². The molecular formula is C13H17N3O3. The zero-order chi connectivity index (χ0) is 14.0. The van der Waals surface area contributed by atoms with Crippen LogP contribution in [0.5, 0.6) is 0 Å². The monoisotopic (exact) mass is 263 g/mol. The lowest BCUT2D eigenvalue weighted by Gasteiger charge is -2.24. The molecule has 1 heterocycles. The van der Waals surface area contributed by atoms with E-state index in [4.69, 9.17) is 10.8 Å². The number of aliphatic hydroxyl groups excluding tert-OH is 1. The molecule has 0 bridgehead atoms. The van der Waals surface area contributed by atoms with Gasteiger partial charge in [-0.15, -0.1) is 0 Å². The molecule has 6 nitrogen and oxygen atoms in total. The van der Waals surface area contributed by atoms with Crippen molar-refractivity contribution < 1.29 is 14.7 Å². The van der Waals surface area contributed by atoms with Crippen LogP contribution in [0.15, 0.2) is 24.3 Å². The molecule has 19 heavy (non-hydrogen) atoms. The van der Waals surface area contributed by atoms with Gasteiger partial charge in [0.2, 0.25) is 5.91 Å². The summed E-state index contributed by atoms with van der Waals surface area (Å²) in [5, 5.41) is 9.03. The summed E-state index contributed by atoms with van der Waals surface area (Å²) in [5.41, 5.74) is 6.72. The van der Waals surface area contributed by atoms with Crippen molar-refractivity contribution in [2.24, 2.45) is 5.73 Å².